The van der Waals surface area contributed by atoms with Crippen molar-refractivity contribution in [2.75, 3.05) is 6.61 Å². The number of halogens is 1. The molecule has 2 nitrogen and oxygen atoms in total. The Morgan fingerprint density at radius 3 is 2.64 bits per heavy atom. The van der Waals surface area contributed by atoms with Crippen molar-refractivity contribution in [1.82, 2.24) is 0 Å². The van der Waals surface area contributed by atoms with Crippen LogP contribution in [0.5, 0.6) is 0 Å². The number of rotatable bonds is 3. The lowest BCUT2D eigenvalue weighted by Crippen LogP contribution is -2.00. The van der Waals surface area contributed by atoms with Gasteiger partial charge >= 0.3 is 5.97 Å². The molecule has 0 heterocycles. The Bertz CT molecular complexity index is 330. The van der Waals surface area contributed by atoms with E-state index in [1.165, 1.54) is 13.0 Å². The Hall–Kier alpha value is -1.64. The van der Waals surface area contributed by atoms with Gasteiger partial charge in [-0.05, 0) is 11.6 Å². The number of carbonyl (C=O) groups is 1. The highest BCUT2D eigenvalue weighted by atomic mass is 19.1. The van der Waals surface area contributed by atoms with Crippen molar-refractivity contribution in [2.45, 2.75) is 6.92 Å². The summed E-state index contributed by atoms with van der Waals surface area (Å²) in [5.41, 5.74) is 0.747. The monoisotopic (exact) mass is 194 g/mol. The van der Waals surface area contributed by atoms with Gasteiger partial charge in [-0.15, -0.1) is 0 Å². The normalized spacial score (nSPS) is 11.1. The Balaban J connectivity index is 2.56. The SMILES string of the molecule is CC(=O)OC/C(F)=C/c1ccccc1. The second-order valence-corrected chi connectivity index (χ2v) is 2.78. The van der Waals surface area contributed by atoms with E-state index in [1.807, 2.05) is 18.2 Å². The number of esters is 1. The van der Waals surface area contributed by atoms with E-state index in [9.17, 15) is 9.18 Å². The van der Waals surface area contributed by atoms with Crippen LogP contribution in [0.25, 0.3) is 6.08 Å². The van der Waals surface area contributed by atoms with Gasteiger partial charge in [0.25, 0.3) is 0 Å². The van der Waals surface area contributed by atoms with Crippen molar-refractivity contribution >= 4 is 12.0 Å². The van der Waals surface area contributed by atoms with Crippen LogP contribution in [0.3, 0.4) is 0 Å². The Kier molecular flexibility index (Phi) is 3.85. The van der Waals surface area contributed by atoms with Crippen LogP contribution in [0.15, 0.2) is 36.2 Å². The summed E-state index contributed by atoms with van der Waals surface area (Å²) in [5.74, 6) is -0.951. The van der Waals surface area contributed by atoms with Gasteiger partial charge in [-0.25, -0.2) is 4.39 Å². The van der Waals surface area contributed by atoms with Crippen LogP contribution >= 0.6 is 0 Å². The molecule has 0 bridgehead atoms. The van der Waals surface area contributed by atoms with Crippen molar-refractivity contribution in [2.24, 2.45) is 0 Å². The molecule has 0 amide bonds. The molecule has 3 heteroatoms. The maximum atomic E-state index is 13.0. The molecule has 0 aliphatic heterocycles. The molecule has 0 atom stereocenters. The second kappa shape index (κ2) is 5.17. The van der Waals surface area contributed by atoms with E-state index in [4.69, 9.17) is 0 Å². The first-order valence-electron chi connectivity index (χ1n) is 4.23. The van der Waals surface area contributed by atoms with Crippen LogP contribution in [0.2, 0.25) is 0 Å². The van der Waals surface area contributed by atoms with Gasteiger partial charge < -0.3 is 4.74 Å². The van der Waals surface area contributed by atoms with Crippen LogP contribution in [-0.2, 0) is 9.53 Å². The smallest absolute Gasteiger partial charge is 0.303 e. The number of carbonyl (C=O) groups excluding carboxylic acids is 1. The summed E-state index contributed by atoms with van der Waals surface area (Å²) in [5, 5.41) is 0. The van der Waals surface area contributed by atoms with Crippen molar-refractivity contribution in [3.05, 3.63) is 41.7 Å². The predicted octanol–water partition coefficient (Wildman–Crippen LogP) is 2.56. The van der Waals surface area contributed by atoms with E-state index in [0.717, 1.165) is 5.56 Å². The number of ether oxygens (including phenoxy) is 1. The summed E-state index contributed by atoms with van der Waals surface area (Å²) in [4.78, 5) is 10.4. The first kappa shape index (κ1) is 10.4. The topological polar surface area (TPSA) is 26.3 Å². The molecule has 0 radical (unpaired) electrons. The highest BCUT2D eigenvalue weighted by Gasteiger charge is 1.98. The molecule has 0 aliphatic rings. The average molecular weight is 194 g/mol. The van der Waals surface area contributed by atoms with Gasteiger partial charge in [0.2, 0.25) is 0 Å². The van der Waals surface area contributed by atoms with Gasteiger partial charge in [0.1, 0.15) is 12.4 Å². The minimum atomic E-state index is -0.485. The zero-order valence-corrected chi connectivity index (χ0v) is 7.87. The minimum Gasteiger partial charge on any atom is -0.459 e. The minimum absolute atomic E-state index is 0.301. The van der Waals surface area contributed by atoms with Gasteiger partial charge in [0.15, 0.2) is 0 Å². The molecule has 14 heavy (non-hydrogen) atoms. The molecule has 0 aliphatic carbocycles. The summed E-state index contributed by atoms with van der Waals surface area (Å²) < 4.78 is 17.5. The van der Waals surface area contributed by atoms with Crippen LogP contribution in [0.4, 0.5) is 4.39 Å². The summed E-state index contributed by atoms with van der Waals surface area (Å²) in [7, 11) is 0. The quantitative estimate of drug-likeness (QED) is 0.691. The first-order valence-corrected chi connectivity index (χ1v) is 4.23. The Morgan fingerprint density at radius 2 is 2.07 bits per heavy atom. The molecule has 0 unspecified atom stereocenters. The van der Waals surface area contributed by atoms with E-state index < -0.39 is 11.8 Å². The molecule has 0 aromatic heterocycles. The molecule has 1 aromatic carbocycles. The fourth-order valence-electron chi connectivity index (χ4n) is 0.942. The largest absolute Gasteiger partial charge is 0.459 e. The zero-order valence-electron chi connectivity index (χ0n) is 7.87. The van der Waals surface area contributed by atoms with E-state index in [2.05, 4.69) is 4.74 Å². The molecule has 1 rings (SSSR count). The van der Waals surface area contributed by atoms with E-state index in [-0.39, 0.29) is 6.61 Å². The standard InChI is InChI=1S/C11H11FO2/c1-9(13)14-8-11(12)7-10-5-3-2-4-6-10/h2-7H,8H2,1H3/b11-7-. The van der Waals surface area contributed by atoms with Gasteiger partial charge in [-0.2, -0.15) is 0 Å². The van der Waals surface area contributed by atoms with Crippen molar-refractivity contribution in [1.29, 1.82) is 0 Å². The first-order chi connectivity index (χ1) is 6.68. The van der Waals surface area contributed by atoms with Crippen LogP contribution in [-0.4, -0.2) is 12.6 Å². The lowest BCUT2D eigenvalue weighted by Gasteiger charge is -1.98. The Labute approximate surface area is 82.0 Å². The summed E-state index contributed by atoms with van der Waals surface area (Å²) >= 11 is 0. The highest BCUT2D eigenvalue weighted by Crippen LogP contribution is 2.07. The van der Waals surface area contributed by atoms with Gasteiger partial charge in [0.05, 0.1) is 0 Å². The molecule has 0 N–H and O–H groups in total. The number of hydrogen-bond donors (Lipinski definition) is 0. The Morgan fingerprint density at radius 1 is 1.43 bits per heavy atom. The fourth-order valence-corrected chi connectivity index (χ4v) is 0.942. The predicted molar refractivity (Wildman–Crippen MR) is 52.2 cm³/mol. The molecular formula is C11H11FO2. The van der Waals surface area contributed by atoms with Crippen LogP contribution in [0, 0.1) is 0 Å². The van der Waals surface area contributed by atoms with Gasteiger partial charge in [-0.3, -0.25) is 4.79 Å². The van der Waals surface area contributed by atoms with Crippen LogP contribution < -0.4 is 0 Å². The van der Waals surface area contributed by atoms with Gasteiger partial charge in [0, 0.05) is 6.92 Å². The van der Waals surface area contributed by atoms with Crippen molar-refractivity contribution < 1.29 is 13.9 Å². The lowest BCUT2D eigenvalue weighted by molar-refractivity contribution is -0.140. The zero-order chi connectivity index (χ0) is 10.4. The van der Waals surface area contributed by atoms with Gasteiger partial charge in [-0.1, -0.05) is 30.3 Å². The molecule has 0 spiro atoms. The maximum Gasteiger partial charge on any atom is 0.303 e. The number of benzene rings is 1. The average Bonchev–Trinajstić information content (AvgIpc) is 2.16. The summed E-state index contributed by atoms with van der Waals surface area (Å²) in [6, 6.07) is 9.01. The van der Waals surface area contributed by atoms with Crippen molar-refractivity contribution in [3.8, 4) is 0 Å². The highest BCUT2D eigenvalue weighted by molar-refractivity contribution is 5.66. The third kappa shape index (κ3) is 3.85. The molecule has 74 valence electrons. The molecular weight excluding hydrogens is 183 g/mol. The van der Waals surface area contributed by atoms with E-state index in [1.54, 1.807) is 12.1 Å². The summed E-state index contributed by atoms with van der Waals surface area (Å²) in [6.45, 7) is 0.944. The maximum absolute atomic E-state index is 13.0. The van der Waals surface area contributed by atoms with E-state index >= 15 is 0 Å². The van der Waals surface area contributed by atoms with Crippen LogP contribution in [0.1, 0.15) is 12.5 Å². The molecule has 1 aromatic rings. The van der Waals surface area contributed by atoms with Crippen molar-refractivity contribution in [3.63, 3.8) is 0 Å². The second-order valence-electron chi connectivity index (χ2n) is 2.78. The third-order valence-corrected chi connectivity index (χ3v) is 1.54. The summed E-state index contributed by atoms with van der Waals surface area (Å²) in [6.07, 6.45) is 1.34. The van der Waals surface area contributed by atoms with E-state index in [0.29, 0.717) is 0 Å². The number of hydrogen-bond acceptors (Lipinski definition) is 2. The third-order valence-electron chi connectivity index (χ3n) is 1.54. The molecule has 0 fully saturated rings. The lowest BCUT2D eigenvalue weighted by atomic mass is 10.2. The molecule has 0 saturated heterocycles. The molecule has 0 saturated carbocycles. The fraction of sp³-hybridized carbons (Fsp3) is 0.182.